The number of nitrogens with one attached hydrogen (secondary N) is 1. The topological polar surface area (TPSA) is 69.2 Å². The van der Waals surface area contributed by atoms with E-state index in [4.69, 9.17) is 25.8 Å². The second-order valence-electron chi connectivity index (χ2n) is 5.14. The van der Waals surface area contributed by atoms with Crippen LogP contribution in [0.25, 0.3) is 0 Å². The van der Waals surface area contributed by atoms with Gasteiger partial charge in [0.25, 0.3) is 5.91 Å². The van der Waals surface area contributed by atoms with Crippen LogP contribution in [0.4, 0.5) is 0 Å². The van der Waals surface area contributed by atoms with Gasteiger partial charge in [-0.05, 0) is 42.8 Å². The number of aryl methyl sites for hydroxylation is 1. The summed E-state index contributed by atoms with van der Waals surface area (Å²) >= 11 is 5.94. The van der Waals surface area contributed by atoms with E-state index >= 15 is 0 Å². The third-order valence-corrected chi connectivity index (χ3v) is 3.70. The molecule has 2 aromatic carbocycles. The third-order valence-electron chi connectivity index (χ3n) is 3.28. The van der Waals surface area contributed by atoms with Gasteiger partial charge in [-0.1, -0.05) is 11.6 Å². The highest BCUT2D eigenvalue weighted by Crippen LogP contribution is 2.22. The second kappa shape index (κ2) is 8.94. The Bertz CT molecular complexity index is 755. The van der Waals surface area contributed by atoms with Crippen molar-refractivity contribution in [3.8, 4) is 17.2 Å². The highest BCUT2D eigenvalue weighted by molar-refractivity contribution is 6.31. The zero-order valence-electron chi connectivity index (χ0n) is 14.2. The molecular formula is C18H19ClN2O4. The summed E-state index contributed by atoms with van der Waals surface area (Å²) in [6.07, 6.45) is 1.50. The number of ether oxygens (including phenoxy) is 3. The summed E-state index contributed by atoms with van der Waals surface area (Å²) < 4.78 is 15.7. The molecule has 2 rings (SSSR count). The van der Waals surface area contributed by atoms with Gasteiger partial charge in [0.2, 0.25) is 0 Å². The van der Waals surface area contributed by atoms with Crippen LogP contribution in [0.5, 0.6) is 17.2 Å². The van der Waals surface area contributed by atoms with Gasteiger partial charge in [-0.15, -0.1) is 0 Å². The number of amides is 1. The van der Waals surface area contributed by atoms with Crippen LogP contribution in [-0.2, 0) is 4.79 Å². The molecule has 0 aliphatic heterocycles. The van der Waals surface area contributed by atoms with Crippen LogP contribution in [-0.4, -0.2) is 32.9 Å². The molecule has 0 heterocycles. The Labute approximate surface area is 151 Å². The Hall–Kier alpha value is -2.73. The molecule has 0 spiro atoms. The van der Waals surface area contributed by atoms with E-state index < -0.39 is 0 Å². The first-order chi connectivity index (χ1) is 12.0. The fourth-order valence-electron chi connectivity index (χ4n) is 1.97. The van der Waals surface area contributed by atoms with Crippen molar-refractivity contribution in [2.45, 2.75) is 6.92 Å². The van der Waals surface area contributed by atoms with Gasteiger partial charge in [-0.2, -0.15) is 5.10 Å². The van der Waals surface area contributed by atoms with Crippen molar-refractivity contribution < 1.29 is 19.0 Å². The number of hydrogen-bond acceptors (Lipinski definition) is 5. The number of hydrazone groups is 1. The van der Waals surface area contributed by atoms with Crippen LogP contribution >= 0.6 is 11.6 Å². The van der Waals surface area contributed by atoms with Crippen LogP contribution in [0.2, 0.25) is 5.02 Å². The fourth-order valence-corrected chi connectivity index (χ4v) is 2.09. The molecule has 0 radical (unpaired) electrons. The summed E-state index contributed by atoms with van der Waals surface area (Å²) in [4.78, 5) is 11.8. The summed E-state index contributed by atoms with van der Waals surface area (Å²) in [7, 11) is 3.13. The molecule has 0 aromatic heterocycles. The molecule has 0 aliphatic carbocycles. The van der Waals surface area contributed by atoms with Crippen molar-refractivity contribution in [2.75, 3.05) is 20.8 Å². The highest BCUT2D eigenvalue weighted by atomic mass is 35.5. The van der Waals surface area contributed by atoms with Crippen molar-refractivity contribution in [3.63, 3.8) is 0 Å². The van der Waals surface area contributed by atoms with Crippen molar-refractivity contribution in [1.82, 2.24) is 5.43 Å². The molecule has 0 fully saturated rings. The molecule has 0 unspecified atom stereocenters. The van der Waals surface area contributed by atoms with Crippen LogP contribution in [0, 0.1) is 6.92 Å². The van der Waals surface area contributed by atoms with E-state index in [1.165, 1.54) is 6.21 Å². The smallest absolute Gasteiger partial charge is 0.277 e. The van der Waals surface area contributed by atoms with Gasteiger partial charge in [0.05, 0.1) is 20.4 Å². The number of hydrogen-bond donors (Lipinski definition) is 1. The lowest BCUT2D eigenvalue weighted by molar-refractivity contribution is -0.123. The van der Waals surface area contributed by atoms with E-state index in [0.29, 0.717) is 22.3 Å². The van der Waals surface area contributed by atoms with Crippen molar-refractivity contribution >= 4 is 23.7 Å². The predicted molar refractivity (Wildman–Crippen MR) is 97.0 cm³/mol. The van der Waals surface area contributed by atoms with Crippen LogP contribution in [0.1, 0.15) is 11.1 Å². The van der Waals surface area contributed by atoms with Crippen molar-refractivity contribution in [2.24, 2.45) is 5.10 Å². The van der Waals surface area contributed by atoms with Gasteiger partial charge in [-0.25, -0.2) is 5.43 Å². The maximum absolute atomic E-state index is 11.8. The summed E-state index contributed by atoms with van der Waals surface area (Å²) in [5.74, 6) is 1.46. The molecule has 1 N–H and O–H groups in total. The minimum atomic E-state index is -0.376. The molecule has 0 bridgehead atoms. The second-order valence-corrected chi connectivity index (χ2v) is 5.55. The first-order valence-electron chi connectivity index (χ1n) is 7.45. The summed E-state index contributed by atoms with van der Waals surface area (Å²) in [6.45, 7) is 1.71. The monoisotopic (exact) mass is 362 g/mol. The van der Waals surface area contributed by atoms with Gasteiger partial charge < -0.3 is 14.2 Å². The minimum Gasteiger partial charge on any atom is -0.497 e. The Balaban J connectivity index is 1.88. The number of benzene rings is 2. The van der Waals surface area contributed by atoms with Gasteiger partial charge >= 0.3 is 0 Å². The first kappa shape index (κ1) is 18.6. The summed E-state index contributed by atoms with van der Waals surface area (Å²) in [6, 6.07) is 10.5. The maximum Gasteiger partial charge on any atom is 0.277 e. The standard InChI is InChI=1S/C18H19ClN2O4/c1-12-6-14(4-5-17(12)19)25-11-18(22)21-20-10-13-7-15(23-2)9-16(8-13)24-3/h4-10H,11H2,1-3H3,(H,21,22)/b20-10-. The lowest BCUT2D eigenvalue weighted by Gasteiger charge is -2.07. The number of carbonyl (C=O) groups is 1. The average molecular weight is 363 g/mol. The van der Waals surface area contributed by atoms with Gasteiger partial charge in [-0.3, -0.25) is 4.79 Å². The molecule has 0 saturated heterocycles. The van der Waals surface area contributed by atoms with Crippen LogP contribution in [0.3, 0.4) is 0 Å². The van der Waals surface area contributed by atoms with Crippen LogP contribution in [0.15, 0.2) is 41.5 Å². The lowest BCUT2D eigenvalue weighted by atomic mass is 10.2. The number of halogens is 1. The van der Waals surface area contributed by atoms with Crippen molar-refractivity contribution in [3.05, 3.63) is 52.5 Å². The maximum atomic E-state index is 11.8. The Morgan fingerprint density at radius 3 is 2.40 bits per heavy atom. The number of carbonyl (C=O) groups excluding carboxylic acids is 1. The molecule has 1 amide bonds. The van der Waals surface area contributed by atoms with E-state index in [9.17, 15) is 4.79 Å². The molecule has 2 aromatic rings. The molecule has 0 aliphatic rings. The minimum absolute atomic E-state index is 0.153. The zero-order chi connectivity index (χ0) is 18.2. The Morgan fingerprint density at radius 2 is 1.80 bits per heavy atom. The van der Waals surface area contributed by atoms with E-state index in [1.54, 1.807) is 50.6 Å². The van der Waals surface area contributed by atoms with Gasteiger partial charge in [0.15, 0.2) is 6.61 Å². The van der Waals surface area contributed by atoms with Gasteiger partial charge in [0.1, 0.15) is 17.2 Å². The normalized spacial score (nSPS) is 10.6. The molecule has 0 saturated carbocycles. The van der Waals surface area contributed by atoms with E-state index in [2.05, 4.69) is 10.5 Å². The van der Waals surface area contributed by atoms with E-state index in [1.807, 2.05) is 6.92 Å². The molecule has 7 heteroatoms. The Kier molecular flexibility index (Phi) is 6.65. The highest BCUT2D eigenvalue weighted by Gasteiger charge is 2.04. The van der Waals surface area contributed by atoms with E-state index in [-0.39, 0.29) is 12.5 Å². The molecule has 132 valence electrons. The summed E-state index contributed by atoms with van der Waals surface area (Å²) in [5, 5.41) is 4.55. The third kappa shape index (κ3) is 5.69. The zero-order valence-corrected chi connectivity index (χ0v) is 15.0. The first-order valence-corrected chi connectivity index (χ1v) is 7.83. The predicted octanol–water partition coefficient (Wildman–Crippen LogP) is 3.19. The summed E-state index contributed by atoms with van der Waals surface area (Å²) in [5.41, 5.74) is 4.01. The SMILES string of the molecule is COc1cc(/C=N\NC(=O)COc2ccc(Cl)c(C)c2)cc(OC)c1. The number of nitrogens with zero attached hydrogens (tertiary/aromatic N) is 1. The van der Waals surface area contributed by atoms with E-state index in [0.717, 1.165) is 11.1 Å². The quantitative estimate of drug-likeness (QED) is 0.606. The van der Waals surface area contributed by atoms with Gasteiger partial charge in [0, 0.05) is 16.7 Å². The molecule has 0 atom stereocenters. The fraction of sp³-hybridized carbons (Fsp3) is 0.222. The lowest BCUT2D eigenvalue weighted by Crippen LogP contribution is -2.24. The number of methoxy groups -OCH3 is 2. The Morgan fingerprint density at radius 1 is 1.12 bits per heavy atom. The largest absolute Gasteiger partial charge is 0.497 e. The molecular weight excluding hydrogens is 344 g/mol. The van der Waals surface area contributed by atoms with Crippen LogP contribution < -0.4 is 19.6 Å². The average Bonchev–Trinajstić information content (AvgIpc) is 2.62. The molecule has 6 nitrogen and oxygen atoms in total. The number of rotatable bonds is 7. The molecule has 25 heavy (non-hydrogen) atoms. The van der Waals surface area contributed by atoms with Crippen molar-refractivity contribution in [1.29, 1.82) is 0 Å².